The third-order valence-corrected chi connectivity index (χ3v) is 3.29. The fraction of sp³-hybridized carbons (Fsp3) is 1.00. The molecule has 3 heteroatoms. The topological polar surface area (TPSA) is 9.23 Å². The lowest BCUT2D eigenvalue weighted by atomic mass is 10.2. The van der Waals surface area contributed by atoms with E-state index in [1.807, 2.05) is 6.92 Å². The average Bonchev–Trinajstić information content (AvgIpc) is 2.72. The third kappa shape index (κ3) is 2.40. The predicted molar refractivity (Wildman–Crippen MR) is 47.0 cm³/mol. The lowest BCUT2D eigenvalue weighted by Crippen LogP contribution is -2.33. The van der Waals surface area contributed by atoms with Crippen molar-refractivity contribution in [3.63, 3.8) is 0 Å². The van der Waals surface area contributed by atoms with Crippen LogP contribution in [0.25, 0.3) is 0 Å². The molecule has 1 aliphatic rings. The molecule has 1 rings (SSSR count). The van der Waals surface area contributed by atoms with E-state index in [4.69, 9.17) is 16.3 Å². The minimum atomic E-state index is -0.150. The first-order valence-corrected chi connectivity index (χ1v) is 5.15. The Morgan fingerprint density at radius 1 is 1.70 bits per heavy atom. The van der Waals surface area contributed by atoms with E-state index in [-0.39, 0.29) is 5.60 Å². The highest BCUT2D eigenvalue weighted by Gasteiger charge is 2.32. The van der Waals surface area contributed by atoms with E-state index in [0.29, 0.717) is 12.0 Å². The smallest absolute Gasteiger partial charge is 0.0889 e. The number of alkyl halides is 2. The summed E-state index contributed by atoms with van der Waals surface area (Å²) in [7, 11) is 0. The van der Waals surface area contributed by atoms with Crippen LogP contribution >= 0.6 is 27.5 Å². The molecule has 1 nitrogen and oxygen atoms in total. The molecule has 1 fully saturated rings. The largest absolute Gasteiger partial charge is 0.370 e. The number of halogens is 2. The van der Waals surface area contributed by atoms with Crippen molar-refractivity contribution in [2.75, 3.05) is 11.2 Å². The number of rotatable bonds is 4. The van der Waals surface area contributed by atoms with Gasteiger partial charge in [-0.05, 0) is 19.8 Å². The Morgan fingerprint density at radius 3 is 2.60 bits per heavy atom. The highest BCUT2D eigenvalue weighted by Crippen LogP contribution is 2.30. The molecule has 0 amide bonds. The molecule has 0 bridgehead atoms. The van der Waals surface area contributed by atoms with Gasteiger partial charge in [-0.3, -0.25) is 0 Å². The second kappa shape index (κ2) is 3.42. The number of ether oxygens (including phenoxy) is 1. The third-order valence-electron chi connectivity index (χ3n) is 1.54. The van der Waals surface area contributed by atoms with Crippen LogP contribution in [-0.4, -0.2) is 22.9 Å². The molecule has 0 aromatic carbocycles. The van der Waals surface area contributed by atoms with Crippen molar-refractivity contribution in [1.82, 2.24) is 0 Å². The van der Waals surface area contributed by atoms with E-state index >= 15 is 0 Å². The SMILES string of the molecule is CC(CCl)(CBr)OC1CC1. The van der Waals surface area contributed by atoms with Crippen molar-refractivity contribution >= 4 is 27.5 Å². The van der Waals surface area contributed by atoms with Crippen molar-refractivity contribution in [2.45, 2.75) is 31.5 Å². The van der Waals surface area contributed by atoms with Crippen molar-refractivity contribution in [3.8, 4) is 0 Å². The van der Waals surface area contributed by atoms with Crippen molar-refractivity contribution in [1.29, 1.82) is 0 Å². The highest BCUT2D eigenvalue weighted by atomic mass is 79.9. The molecular weight excluding hydrogens is 215 g/mol. The molecule has 0 saturated heterocycles. The lowest BCUT2D eigenvalue weighted by Gasteiger charge is -2.24. The second-order valence-corrected chi connectivity index (χ2v) is 3.86. The van der Waals surface area contributed by atoms with E-state index in [9.17, 15) is 0 Å². The summed E-state index contributed by atoms with van der Waals surface area (Å²) in [5, 5.41) is 0.819. The van der Waals surface area contributed by atoms with Gasteiger partial charge in [0.1, 0.15) is 0 Å². The summed E-state index contributed by atoms with van der Waals surface area (Å²) in [6.45, 7) is 2.03. The normalized spacial score (nSPS) is 24.3. The fourth-order valence-electron chi connectivity index (χ4n) is 0.687. The molecule has 0 radical (unpaired) electrons. The van der Waals surface area contributed by atoms with Gasteiger partial charge in [0.15, 0.2) is 0 Å². The Kier molecular flexibility index (Phi) is 3.02. The van der Waals surface area contributed by atoms with E-state index in [2.05, 4.69) is 15.9 Å². The van der Waals surface area contributed by atoms with Gasteiger partial charge >= 0.3 is 0 Å². The maximum atomic E-state index is 5.73. The van der Waals surface area contributed by atoms with Crippen LogP contribution in [0.1, 0.15) is 19.8 Å². The zero-order chi connectivity index (χ0) is 7.61. The second-order valence-electron chi connectivity index (χ2n) is 3.03. The zero-order valence-corrected chi connectivity index (χ0v) is 8.41. The van der Waals surface area contributed by atoms with E-state index in [1.165, 1.54) is 12.8 Å². The first-order chi connectivity index (χ1) is 4.70. The van der Waals surface area contributed by atoms with Gasteiger partial charge in [-0.25, -0.2) is 0 Å². The minimum absolute atomic E-state index is 0.150. The summed E-state index contributed by atoms with van der Waals surface area (Å²) < 4.78 is 5.67. The standard InChI is InChI=1S/C7H12BrClO/c1-7(4-8,5-9)10-6-2-3-6/h6H,2-5H2,1H3. The van der Waals surface area contributed by atoms with Crippen LogP contribution < -0.4 is 0 Å². The van der Waals surface area contributed by atoms with Gasteiger partial charge in [0.2, 0.25) is 0 Å². The van der Waals surface area contributed by atoms with Gasteiger partial charge in [-0.2, -0.15) is 0 Å². The molecule has 1 saturated carbocycles. The van der Waals surface area contributed by atoms with Gasteiger partial charge in [-0.15, -0.1) is 11.6 Å². The van der Waals surface area contributed by atoms with Crippen molar-refractivity contribution < 1.29 is 4.74 Å². The minimum Gasteiger partial charge on any atom is -0.370 e. The number of hydrogen-bond donors (Lipinski definition) is 0. The van der Waals surface area contributed by atoms with Gasteiger partial charge in [0, 0.05) is 5.33 Å². The molecule has 1 atom stereocenters. The maximum absolute atomic E-state index is 5.73. The van der Waals surface area contributed by atoms with Crippen LogP contribution in [0, 0.1) is 0 Å². The molecule has 1 aliphatic carbocycles. The Labute approximate surface area is 75.2 Å². The molecule has 0 aromatic rings. The Balaban J connectivity index is 2.29. The molecule has 0 heterocycles. The summed E-state index contributed by atoms with van der Waals surface area (Å²) in [5.41, 5.74) is -0.150. The van der Waals surface area contributed by atoms with Gasteiger partial charge in [0.05, 0.1) is 17.6 Å². The van der Waals surface area contributed by atoms with Crippen LogP contribution in [0.4, 0.5) is 0 Å². The molecular formula is C7H12BrClO. The van der Waals surface area contributed by atoms with Crippen LogP contribution in [0.2, 0.25) is 0 Å². The predicted octanol–water partition coefficient (Wildman–Crippen LogP) is 2.56. The zero-order valence-electron chi connectivity index (χ0n) is 6.07. The summed E-state index contributed by atoms with van der Waals surface area (Å²) in [4.78, 5) is 0. The Morgan fingerprint density at radius 2 is 2.30 bits per heavy atom. The molecule has 1 unspecified atom stereocenters. The van der Waals surface area contributed by atoms with Crippen molar-refractivity contribution in [2.24, 2.45) is 0 Å². The summed E-state index contributed by atoms with van der Waals surface area (Å²) in [5.74, 6) is 0.564. The lowest BCUT2D eigenvalue weighted by molar-refractivity contribution is -0.00787. The highest BCUT2D eigenvalue weighted by molar-refractivity contribution is 9.09. The monoisotopic (exact) mass is 226 g/mol. The summed E-state index contributed by atoms with van der Waals surface area (Å²) in [6, 6.07) is 0. The van der Waals surface area contributed by atoms with E-state index < -0.39 is 0 Å². The molecule has 0 spiro atoms. The summed E-state index contributed by atoms with van der Waals surface area (Å²) in [6.07, 6.45) is 2.90. The van der Waals surface area contributed by atoms with Crippen molar-refractivity contribution in [3.05, 3.63) is 0 Å². The van der Waals surface area contributed by atoms with Crippen LogP contribution in [0.5, 0.6) is 0 Å². The Bertz CT molecular complexity index is 110. The fourth-order valence-corrected chi connectivity index (χ4v) is 1.40. The first kappa shape index (κ1) is 8.82. The summed E-state index contributed by atoms with van der Waals surface area (Å²) >= 11 is 9.10. The molecule has 60 valence electrons. The molecule has 0 N–H and O–H groups in total. The number of hydrogen-bond acceptors (Lipinski definition) is 1. The van der Waals surface area contributed by atoms with Crippen LogP contribution in [0.15, 0.2) is 0 Å². The average molecular weight is 228 g/mol. The van der Waals surface area contributed by atoms with E-state index in [0.717, 1.165) is 5.33 Å². The Hall–Kier alpha value is 0.730. The maximum Gasteiger partial charge on any atom is 0.0889 e. The quantitative estimate of drug-likeness (QED) is 0.671. The molecule has 0 aromatic heterocycles. The van der Waals surface area contributed by atoms with Gasteiger partial charge < -0.3 is 4.74 Å². The first-order valence-electron chi connectivity index (χ1n) is 3.50. The molecule has 10 heavy (non-hydrogen) atoms. The van der Waals surface area contributed by atoms with E-state index in [1.54, 1.807) is 0 Å². The molecule has 0 aliphatic heterocycles. The van der Waals surface area contributed by atoms with Gasteiger partial charge in [0.25, 0.3) is 0 Å². The van der Waals surface area contributed by atoms with Gasteiger partial charge in [-0.1, -0.05) is 15.9 Å². The van der Waals surface area contributed by atoms with Crippen LogP contribution in [0.3, 0.4) is 0 Å². The van der Waals surface area contributed by atoms with Crippen LogP contribution in [-0.2, 0) is 4.74 Å².